The van der Waals surface area contributed by atoms with Gasteiger partial charge in [-0.05, 0) is 19.4 Å². The third-order valence-electron chi connectivity index (χ3n) is 3.19. The standard InChI is InChI=1S/C10H17BrN2O/c11-4-1-5-12-6-7-13-9(8-12)2-3-10(13)14/h9H,1-8H2. The first-order valence-electron chi connectivity index (χ1n) is 5.39. The Labute approximate surface area is 93.6 Å². The van der Waals surface area contributed by atoms with Crippen molar-refractivity contribution in [3.8, 4) is 0 Å². The lowest BCUT2D eigenvalue weighted by molar-refractivity contribution is -0.130. The van der Waals surface area contributed by atoms with Crippen molar-refractivity contribution in [3.05, 3.63) is 0 Å². The van der Waals surface area contributed by atoms with Gasteiger partial charge in [0.25, 0.3) is 0 Å². The summed E-state index contributed by atoms with van der Waals surface area (Å²) in [5.41, 5.74) is 0. The van der Waals surface area contributed by atoms with E-state index in [1.165, 1.54) is 13.0 Å². The van der Waals surface area contributed by atoms with Gasteiger partial charge in [0, 0.05) is 37.4 Å². The van der Waals surface area contributed by atoms with Crippen LogP contribution in [0.3, 0.4) is 0 Å². The van der Waals surface area contributed by atoms with Crippen molar-refractivity contribution in [1.82, 2.24) is 9.80 Å². The quantitative estimate of drug-likeness (QED) is 0.710. The maximum Gasteiger partial charge on any atom is 0.222 e. The fourth-order valence-electron chi connectivity index (χ4n) is 2.42. The number of halogens is 1. The average Bonchev–Trinajstić information content (AvgIpc) is 2.57. The molecule has 0 aromatic rings. The topological polar surface area (TPSA) is 23.6 Å². The predicted octanol–water partition coefficient (Wildman–Crippen LogP) is 1.08. The minimum absolute atomic E-state index is 0.371. The summed E-state index contributed by atoms with van der Waals surface area (Å²) in [6, 6.07) is 0.520. The van der Waals surface area contributed by atoms with E-state index in [1.807, 2.05) is 0 Å². The first-order chi connectivity index (χ1) is 6.81. The highest BCUT2D eigenvalue weighted by molar-refractivity contribution is 9.09. The van der Waals surface area contributed by atoms with Crippen LogP contribution in [0.2, 0.25) is 0 Å². The van der Waals surface area contributed by atoms with Gasteiger partial charge in [-0.3, -0.25) is 9.69 Å². The Morgan fingerprint density at radius 1 is 1.43 bits per heavy atom. The maximum atomic E-state index is 11.4. The highest BCUT2D eigenvalue weighted by Crippen LogP contribution is 2.22. The van der Waals surface area contributed by atoms with Gasteiger partial charge in [-0.1, -0.05) is 15.9 Å². The summed E-state index contributed by atoms with van der Waals surface area (Å²) in [7, 11) is 0. The Kier molecular flexibility index (Phi) is 3.44. The van der Waals surface area contributed by atoms with E-state index in [-0.39, 0.29) is 0 Å². The number of carbonyl (C=O) groups excluding carboxylic acids is 1. The van der Waals surface area contributed by atoms with Crippen LogP contribution in [0.4, 0.5) is 0 Å². The molecule has 2 aliphatic rings. The summed E-state index contributed by atoms with van der Waals surface area (Å²) in [6.45, 7) is 4.28. The van der Waals surface area contributed by atoms with Crippen LogP contribution in [0.25, 0.3) is 0 Å². The predicted molar refractivity (Wildman–Crippen MR) is 59.6 cm³/mol. The van der Waals surface area contributed by atoms with Crippen LogP contribution in [0.5, 0.6) is 0 Å². The third-order valence-corrected chi connectivity index (χ3v) is 3.75. The molecule has 0 aromatic heterocycles. The average molecular weight is 261 g/mol. The van der Waals surface area contributed by atoms with E-state index in [0.717, 1.165) is 37.8 Å². The van der Waals surface area contributed by atoms with Gasteiger partial charge in [-0.2, -0.15) is 0 Å². The number of hydrogen-bond donors (Lipinski definition) is 0. The fourth-order valence-corrected chi connectivity index (χ4v) is 2.67. The van der Waals surface area contributed by atoms with Crippen molar-refractivity contribution < 1.29 is 4.79 Å². The lowest BCUT2D eigenvalue weighted by Crippen LogP contribution is -2.51. The molecule has 0 radical (unpaired) electrons. The number of carbonyl (C=O) groups is 1. The third kappa shape index (κ3) is 2.11. The molecule has 3 nitrogen and oxygen atoms in total. The number of alkyl halides is 1. The molecule has 2 rings (SSSR count). The summed E-state index contributed by atoms with van der Waals surface area (Å²) in [5.74, 6) is 0.371. The van der Waals surface area contributed by atoms with E-state index in [0.29, 0.717) is 11.9 Å². The summed E-state index contributed by atoms with van der Waals surface area (Å²) < 4.78 is 0. The van der Waals surface area contributed by atoms with Crippen molar-refractivity contribution >= 4 is 21.8 Å². The Morgan fingerprint density at radius 2 is 2.29 bits per heavy atom. The van der Waals surface area contributed by atoms with Crippen molar-refractivity contribution in [3.63, 3.8) is 0 Å². The molecule has 4 heteroatoms. The number of rotatable bonds is 3. The van der Waals surface area contributed by atoms with Gasteiger partial charge in [0.1, 0.15) is 0 Å². The van der Waals surface area contributed by atoms with Gasteiger partial charge in [-0.25, -0.2) is 0 Å². The summed E-state index contributed by atoms with van der Waals surface area (Å²) in [5, 5.41) is 1.08. The highest BCUT2D eigenvalue weighted by Gasteiger charge is 2.34. The van der Waals surface area contributed by atoms with E-state index in [9.17, 15) is 4.79 Å². The van der Waals surface area contributed by atoms with Crippen molar-refractivity contribution in [1.29, 1.82) is 0 Å². The molecule has 0 spiro atoms. The first kappa shape index (κ1) is 10.4. The van der Waals surface area contributed by atoms with Crippen LogP contribution >= 0.6 is 15.9 Å². The van der Waals surface area contributed by atoms with Crippen LogP contribution < -0.4 is 0 Å². The first-order valence-corrected chi connectivity index (χ1v) is 6.51. The molecule has 80 valence electrons. The molecule has 2 fully saturated rings. The minimum atomic E-state index is 0.371. The molecular weight excluding hydrogens is 244 g/mol. The lowest BCUT2D eigenvalue weighted by Gasteiger charge is -2.37. The molecule has 1 amide bonds. The summed E-state index contributed by atoms with van der Waals surface area (Å²) >= 11 is 3.45. The number of fused-ring (bicyclic) bond motifs is 1. The van der Waals surface area contributed by atoms with Crippen LogP contribution in [0.15, 0.2) is 0 Å². The Balaban J connectivity index is 1.83. The van der Waals surface area contributed by atoms with Gasteiger partial charge in [-0.15, -0.1) is 0 Å². The van der Waals surface area contributed by atoms with E-state index in [4.69, 9.17) is 0 Å². The molecule has 0 N–H and O–H groups in total. The fraction of sp³-hybridized carbons (Fsp3) is 0.900. The highest BCUT2D eigenvalue weighted by atomic mass is 79.9. The second-order valence-corrected chi connectivity index (χ2v) is 4.92. The molecule has 2 heterocycles. The monoisotopic (exact) mass is 260 g/mol. The van der Waals surface area contributed by atoms with Gasteiger partial charge < -0.3 is 4.90 Å². The van der Waals surface area contributed by atoms with E-state index < -0.39 is 0 Å². The van der Waals surface area contributed by atoms with E-state index in [2.05, 4.69) is 25.7 Å². The molecule has 0 bridgehead atoms. The van der Waals surface area contributed by atoms with Gasteiger partial charge in [0.2, 0.25) is 5.91 Å². The van der Waals surface area contributed by atoms with Crippen molar-refractivity contribution in [2.24, 2.45) is 0 Å². The SMILES string of the molecule is O=C1CCC2CN(CCCBr)CCN12. The van der Waals surface area contributed by atoms with Crippen molar-refractivity contribution in [2.45, 2.75) is 25.3 Å². The number of hydrogen-bond acceptors (Lipinski definition) is 2. The molecule has 0 saturated carbocycles. The zero-order chi connectivity index (χ0) is 9.97. The smallest absolute Gasteiger partial charge is 0.222 e. The van der Waals surface area contributed by atoms with Crippen LogP contribution in [-0.4, -0.2) is 53.3 Å². The molecule has 1 unspecified atom stereocenters. The van der Waals surface area contributed by atoms with Gasteiger partial charge >= 0.3 is 0 Å². The molecule has 0 aliphatic carbocycles. The van der Waals surface area contributed by atoms with Gasteiger partial charge in [0.05, 0.1) is 0 Å². The molecule has 1 atom stereocenters. The molecular formula is C10H17BrN2O. The van der Waals surface area contributed by atoms with Crippen LogP contribution in [0, 0.1) is 0 Å². The molecule has 2 aliphatic heterocycles. The lowest BCUT2D eigenvalue weighted by atomic mass is 10.1. The Morgan fingerprint density at radius 3 is 3.07 bits per heavy atom. The maximum absolute atomic E-state index is 11.4. The molecule has 2 saturated heterocycles. The molecule has 0 aromatic carbocycles. The second-order valence-electron chi connectivity index (χ2n) is 4.12. The number of piperazine rings is 1. The van der Waals surface area contributed by atoms with E-state index >= 15 is 0 Å². The van der Waals surface area contributed by atoms with Crippen LogP contribution in [0.1, 0.15) is 19.3 Å². The van der Waals surface area contributed by atoms with E-state index in [1.54, 1.807) is 0 Å². The normalized spacial score (nSPS) is 28.2. The Hall–Kier alpha value is -0.0900. The van der Waals surface area contributed by atoms with Crippen LogP contribution in [-0.2, 0) is 4.79 Å². The zero-order valence-corrected chi connectivity index (χ0v) is 10.0. The minimum Gasteiger partial charge on any atom is -0.337 e. The second kappa shape index (κ2) is 4.62. The largest absolute Gasteiger partial charge is 0.337 e. The number of nitrogens with zero attached hydrogens (tertiary/aromatic N) is 2. The summed E-state index contributed by atoms with van der Waals surface area (Å²) in [6.07, 6.45) is 3.06. The molecule has 14 heavy (non-hydrogen) atoms. The zero-order valence-electron chi connectivity index (χ0n) is 8.41. The summed E-state index contributed by atoms with van der Waals surface area (Å²) in [4.78, 5) is 16.0. The van der Waals surface area contributed by atoms with Crippen molar-refractivity contribution in [2.75, 3.05) is 31.5 Å². The Bertz CT molecular complexity index is 222. The van der Waals surface area contributed by atoms with Gasteiger partial charge in [0.15, 0.2) is 0 Å². The number of amides is 1.